The van der Waals surface area contributed by atoms with Crippen LogP contribution < -0.4 is 10.6 Å². The highest BCUT2D eigenvalue weighted by atomic mass is 32.1. The molecular formula is C25H28F3N5O4S. The molecule has 3 aromatic heterocycles. The summed E-state index contributed by atoms with van der Waals surface area (Å²) in [6.45, 7) is 8.29. The van der Waals surface area contributed by atoms with E-state index in [1.54, 1.807) is 6.92 Å². The molecule has 0 aromatic carbocycles. The van der Waals surface area contributed by atoms with Crippen molar-refractivity contribution < 1.29 is 32.6 Å². The van der Waals surface area contributed by atoms with Gasteiger partial charge in [0, 0.05) is 53.3 Å². The molecule has 13 heteroatoms. The highest BCUT2D eigenvalue weighted by Crippen LogP contribution is 2.39. The molecule has 0 aliphatic carbocycles. The third-order valence-electron chi connectivity index (χ3n) is 5.11. The zero-order valence-corrected chi connectivity index (χ0v) is 22.1. The van der Waals surface area contributed by atoms with Gasteiger partial charge >= 0.3 is 18.2 Å². The summed E-state index contributed by atoms with van der Waals surface area (Å²) in [4.78, 5) is 36.1. The van der Waals surface area contributed by atoms with Crippen molar-refractivity contribution in [2.24, 2.45) is 0 Å². The number of hydrogen-bond acceptors (Lipinski definition) is 7. The summed E-state index contributed by atoms with van der Waals surface area (Å²) in [7, 11) is 0. The van der Waals surface area contributed by atoms with Crippen molar-refractivity contribution in [3.05, 3.63) is 46.9 Å². The molecule has 0 saturated carbocycles. The Morgan fingerprint density at radius 3 is 2.42 bits per heavy atom. The van der Waals surface area contributed by atoms with Crippen LogP contribution in [0, 0.1) is 0 Å². The fraction of sp³-hybridized carbons (Fsp3) is 0.400. The van der Waals surface area contributed by atoms with Gasteiger partial charge in [0.1, 0.15) is 10.8 Å². The van der Waals surface area contributed by atoms with E-state index in [2.05, 4.69) is 25.6 Å². The van der Waals surface area contributed by atoms with Crippen molar-refractivity contribution in [1.29, 1.82) is 0 Å². The van der Waals surface area contributed by atoms with Crippen LogP contribution in [0.15, 0.2) is 29.9 Å². The number of nitrogens with zero attached hydrogens (tertiary/aromatic N) is 3. The Labute approximate surface area is 221 Å². The lowest BCUT2D eigenvalue weighted by Crippen LogP contribution is -2.28. The first kappa shape index (κ1) is 29.0. The number of carbonyl (C=O) groups is 2. The van der Waals surface area contributed by atoms with E-state index in [9.17, 15) is 27.9 Å². The standard InChI is InChI=1S/C25H28F3N5O4S/c1-5-29-23(36)33-20-10-16(21-32-19(13-38-21)25(26,27)28)17(12-31-20)15-9-14(22(34)35)11-30-18(15)7-6-8-37-24(2,3)4/h9-13H,5-8H2,1-4H3,(H,34,35)(H2,29,31,33,36). The predicted molar refractivity (Wildman–Crippen MR) is 137 cm³/mol. The van der Waals surface area contributed by atoms with Crippen molar-refractivity contribution in [2.75, 3.05) is 18.5 Å². The number of amides is 2. The van der Waals surface area contributed by atoms with E-state index >= 15 is 0 Å². The van der Waals surface area contributed by atoms with Gasteiger partial charge in [-0.05, 0) is 52.7 Å². The van der Waals surface area contributed by atoms with Crippen LogP contribution in [0.5, 0.6) is 0 Å². The Morgan fingerprint density at radius 1 is 1.08 bits per heavy atom. The largest absolute Gasteiger partial charge is 0.478 e. The highest BCUT2D eigenvalue weighted by molar-refractivity contribution is 7.13. The van der Waals surface area contributed by atoms with Crippen LogP contribution in [0.25, 0.3) is 21.7 Å². The number of ether oxygens (including phenoxy) is 1. The summed E-state index contributed by atoms with van der Waals surface area (Å²) in [5, 5.41) is 15.6. The number of aromatic nitrogens is 3. The number of aromatic carboxylic acids is 1. The molecule has 204 valence electrons. The van der Waals surface area contributed by atoms with E-state index < -0.39 is 23.9 Å². The minimum Gasteiger partial charge on any atom is -0.478 e. The molecule has 9 nitrogen and oxygen atoms in total. The number of carboxylic acid groups (broad SMARTS) is 1. The Bertz CT molecular complexity index is 1300. The number of pyridine rings is 2. The van der Waals surface area contributed by atoms with Crippen molar-refractivity contribution >= 4 is 29.2 Å². The van der Waals surface area contributed by atoms with Crippen molar-refractivity contribution in [1.82, 2.24) is 20.3 Å². The number of rotatable bonds is 9. The van der Waals surface area contributed by atoms with Gasteiger partial charge in [0.2, 0.25) is 0 Å². The number of anilines is 1. The number of urea groups is 1. The monoisotopic (exact) mass is 551 g/mol. The van der Waals surface area contributed by atoms with E-state index in [-0.39, 0.29) is 27.6 Å². The molecule has 0 spiro atoms. The van der Waals surface area contributed by atoms with Gasteiger partial charge in [-0.15, -0.1) is 11.3 Å². The smallest absolute Gasteiger partial charge is 0.434 e. The number of alkyl halides is 3. The number of hydrogen-bond donors (Lipinski definition) is 3. The number of thiazole rings is 1. The summed E-state index contributed by atoms with van der Waals surface area (Å²) < 4.78 is 45.7. The van der Waals surface area contributed by atoms with Crippen molar-refractivity contribution in [3.63, 3.8) is 0 Å². The molecule has 3 N–H and O–H groups in total. The first-order valence-corrected chi connectivity index (χ1v) is 12.6. The second-order valence-corrected chi connectivity index (χ2v) is 10.1. The molecule has 3 heterocycles. The first-order valence-electron chi connectivity index (χ1n) is 11.7. The van der Waals surface area contributed by atoms with Gasteiger partial charge in [0.25, 0.3) is 0 Å². The van der Waals surface area contributed by atoms with Crippen molar-refractivity contribution in [3.8, 4) is 21.7 Å². The minimum absolute atomic E-state index is 0.0245. The van der Waals surface area contributed by atoms with E-state index in [0.29, 0.717) is 42.8 Å². The summed E-state index contributed by atoms with van der Waals surface area (Å²) >= 11 is 0.773. The summed E-state index contributed by atoms with van der Waals surface area (Å²) in [6, 6.07) is 2.27. The normalized spacial score (nSPS) is 11.9. The second kappa shape index (κ2) is 11.9. The molecule has 38 heavy (non-hydrogen) atoms. The highest BCUT2D eigenvalue weighted by Gasteiger charge is 2.34. The Kier molecular flexibility index (Phi) is 9.05. The van der Waals surface area contributed by atoms with Gasteiger partial charge in [-0.2, -0.15) is 13.2 Å². The molecule has 3 rings (SSSR count). The molecule has 0 radical (unpaired) electrons. The number of aryl methyl sites for hydroxylation is 1. The lowest BCUT2D eigenvalue weighted by atomic mass is 9.97. The number of carbonyl (C=O) groups excluding carboxylic acids is 1. The molecule has 2 amide bonds. The van der Waals surface area contributed by atoms with E-state index in [4.69, 9.17) is 4.74 Å². The third kappa shape index (κ3) is 7.71. The predicted octanol–water partition coefficient (Wildman–Crippen LogP) is 5.87. The van der Waals surface area contributed by atoms with Gasteiger partial charge in [-0.1, -0.05) is 0 Å². The average molecular weight is 552 g/mol. The lowest BCUT2D eigenvalue weighted by molar-refractivity contribution is -0.140. The zero-order valence-electron chi connectivity index (χ0n) is 21.3. The second-order valence-electron chi connectivity index (χ2n) is 9.22. The van der Waals surface area contributed by atoms with Crippen LogP contribution in [-0.2, 0) is 17.3 Å². The molecule has 0 fully saturated rings. The zero-order chi connectivity index (χ0) is 28.1. The van der Waals surface area contributed by atoms with Gasteiger partial charge in [-0.25, -0.2) is 19.6 Å². The Hall–Kier alpha value is -3.58. The Balaban J connectivity index is 2.11. The molecule has 0 atom stereocenters. The van der Waals surface area contributed by atoms with Gasteiger partial charge < -0.3 is 15.2 Å². The molecule has 3 aromatic rings. The average Bonchev–Trinajstić information content (AvgIpc) is 3.32. The first-order chi connectivity index (χ1) is 17.8. The van der Waals surface area contributed by atoms with E-state index in [1.807, 2.05) is 20.8 Å². The fourth-order valence-corrected chi connectivity index (χ4v) is 4.28. The van der Waals surface area contributed by atoms with Crippen molar-refractivity contribution in [2.45, 2.75) is 52.3 Å². The van der Waals surface area contributed by atoms with Crippen LogP contribution in [0.4, 0.5) is 23.8 Å². The maximum atomic E-state index is 13.3. The van der Waals surface area contributed by atoms with E-state index in [0.717, 1.165) is 16.7 Å². The van der Waals surface area contributed by atoms with Gasteiger partial charge in [-0.3, -0.25) is 10.3 Å². The van der Waals surface area contributed by atoms with Crippen LogP contribution in [0.1, 0.15) is 55.9 Å². The SMILES string of the molecule is CCNC(=O)Nc1cc(-c2nc(C(F)(F)F)cs2)c(-c2cc(C(=O)O)cnc2CCCOC(C)(C)C)cn1. The lowest BCUT2D eigenvalue weighted by Gasteiger charge is -2.19. The summed E-state index contributed by atoms with van der Waals surface area (Å²) in [5.41, 5.74) is -0.0189. The molecule has 0 unspecified atom stereocenters. The van der Waals surface area contributed by atoms with Gasteiger partial charge in [0.15, 0.2) is 5.69 Å². The number of nitrogens with one attached hydrogen (secondary N) is 2. The maximum absolute atomic E-state index is 13.3. The van der Waals surface area contributed by atoms with Gasteiger partial charge in [0.05, 0.1) is 11.2 Å². The molecule has 0 saturated heterocycles. The van der Waals surface area contributed by atoms with Crippen LogP contribution in [0.3, 0.4) is 0 Å². The fourth-order valence-electron chi connectivity index (χ4n) is 3.42. The summed E-state index contributed by atoms with van der Waals surface area (Å²) in [6.07, 6.45) is -1.07. The van der Waals surface area contributed by atoms with Crippen LogP contribution in [-0.4, -0.2) is 50.8 Å². The Morgan fingerprint density at radius 2 is 1.82 bits per heavy atom. The number of carboxylic acids is 1. The topological polar surface area (TPSA) is 126 Å². The third-order valence-corrected chi connectivity index (χ3v) is 5.98. The van der Waals surface area contributed by atoms with Crippen LogP contribution >= 0.6 is 11.3 Å². The minimum atomic E-state index is -4.65. The molecule has 0 aliphatic heterocycles. The quantitative estimate of drug-likeness (QED) is 0.284. The number of halogens is 3. The molecule has 0 bridgehead atoms. The maximum Gasteiger partial charge on any atom is 0.434 e. The molecule has 0 aliphatic rings. The van der Waals surface area contributed by atoms with Crippen LogP contribution in [0.2, 0.25) is 0 Å². The molecular weight excluding hydrogens is 523 g/mol. The summed E-state index contributed by atoms with van der Waals surface area (Å²) in [5.74, 6) is -1.13. The van der Waals surface area contributed by atoms with E-state index in [1.165, 1.54) is 24.5 Å².